The van der Waals surface area contributed by atoms with Gasteiger partial charge in [0, 0.05) is 16.4 Å². The van der Waals surface area contributed by atoms with Crippen LogP contribution in [0.1, 0.15) is 26.3 Å². The third-order valence-corrected chi connectivity index (χ3v) is 5.82. The summed E-state index contributed by atoms with van der Waals surface area (Å²) in [6.45, 7) is 7.10. The molecule has 1 aliphatic heterocycles. The zero-order valence-corrected chi connectivity index (χ0v) is 20.7. The second kappa shape index (κ2) is 10.3. The number of rotatable bonds is 6. The number of hydrogen-bond acceptors (Lipinski definition) is 4. The molecular weight excluding hydrogens is 466 g/mol. The number of carbonyl (C=O) groups excluding carboxylic acids is 2. The molecule has 0 saturated heterocycles. The largest absolute Gasteiger partial charge is 0.492 e. The zero-order chi connectivity index (χ0) is 25.0. The summed E-state index contributed by atoms with van der Waals surface area (Å²) in [6.07, 6.45) is 0. The van der Waals surface area contributed by atoms with Crippen LogP contribution < -0.4 is 25.0 Å². The van der Waals surface area contributed by atoms with Gasteiger partial charge in [-0.1, -0.05) is 44.5 Å². The van der Waals surface area contributed by atoms with Crippen LogP contribution in [0.2, 0.25) is 5.02 Å². The molecule has 7 nitrogen and oxygen atoms in total. The number of fused-ring (bicyclic) bond motifs is 1. The first-order chi connectivity index (χ1) is 16.7. The van der Waals surface area contributed by atoms with Crippen LogP contribution in [0.3, 0.4) is 0 Å². The maximum atomic E-state index is 12.6. The first-order valence-electron chi connectivity index (χ1n) is 11.3. The van der Waals surface area contributed by atoms with Crippen LogP contribution in [-0.4, -0.2) is 31.7 Å². The summed E-state index contributed by atoms with van der Waals surface area (Å²) in [5, 5.41) is 6.11. The number of halogens is 1. The van der Waals surface area contributed by atoms with Crippen LogP contribution in [0.25, 0.3) is 0 Å². The number of ether oxygens (including phenoxy) is 2. The molecule has 0 atom stereocenters. The van der Waals surface area contributed by atoms with Gasteiger partial charge in [0.2, 0.25) is 0 Å². The molecule has 3 aromatic rings. The molecule has 0 aromatic heterocycles. The van der Waals surface area contributed by atoms with E-state index < -0.39 is 6.03 Å². The number of benzene rings is 3. The van der Waals surface area contributed by atoms with Gasteiger partial charge < -0.3 is 25.0 Å². The lowest BCUT2D eigenvalue weighted by atomic mass is 9.87. The van der Waals surface area contributed by atoms with Gasteiger partial charge in [-0.25, -0.2) is 4.79 Å². The Balaban J connectivity index is 1.40. The molecule has 8 heteroatoms. The smallest absolute Gasteiger partial charge is 0.323 e. The second-order valence-electron chi connectivity index (χ2n) is 9.23. The molecule has 0 unspecified atom stereocenters. The lowest BCUT2D eigenvalue weighted by molar-refractivity contribution is -0.121. The number of anilines is 3. The average molecular weight is 494 g/mol. The van der Waals surface area contributed by atoms with Crippen molar-refractivity contribution in [1.82, 2.24) is 0 Å². The summed E-state index contributed by atoms with van der Waals surface area (Å²) in [7, 11) is 0. The highest BCUT2D eigenvalue weighted by atomic mass is 35.5. The molecule has 3 aromatic carbocycles. The SMILES string of the molecule is CC(C)(C)c1ccc(OCCN2C(=O)COc3ccc(NC(=O)Nc4ccc(Cl)cc4)cc32)cc1. The van der Waals surface area contributed by atoms with E-state index in [1.165, 1.54) is 5.56 Å². The lowest BCUT2D eigenvalue weighted by Crippen LogP contribution is -2.41. The standard InChI is InChI=1S/C27H28ClN3O4/c1-27(2,3)18-4-11-22(12-5-18)34-15-14-31-23-16-21(10-13-24(23)35-17-25(31)32)30-26(33)29-20-8-6-19(28)7-9-20/h4-13,16H,14-15,17H2,1-3H3,(H2,29,30,33). The summed E-state index contributed by atoms with van der Waals surface area (Å²) in [5.41, 5.74) is 3.01. The van der Waals surface area contributed by atoms with Crippen LogP contribution in [-0.2, 0) is 10.2 Å². The second-order valence-corrected chi connectivity index (χ2v) is 9.66. The monoisotopic (exact) mass is 493 g/mol. The van der Waals surface area contributed by atoms with Crippen molar-refractivity contribution in [1.29, 1.82) is 0 Å². The number of carbonyl (C=O) groups is 2. The molecule has 1 aliphatic rings. The summed E-state index contributed by atoms with van der Waals surface area (Å²) >= 11 is 5.88. The summed E-state index contributed by atoms with van der Waals surface area (Å²) in [4.78, 5) is 26.6. The van der Waals surface area contributed by atoms with E-state index in [-0.39, 0.29) is 17.9 Å². The molecule has 35 heavy (non-hydrogen) atoms. The van der Waals surface area contributed by atoms with Crippen LogP contribution in [0.4, 0.5) is 21.9 Å². The third kappa shape index (κ3) is 6.25. The van der Waals surface area contributed by atoms with E-state index in [0.29, 0.717) is 41.0 Å². The lowest BCUT2D eigenvalue weighted by Gasteiger charge is -2.29. The molecular formula is C27H28ClN3O4. The zero-order valence-electron chi connectivity index (χ0n) is 19.9. The highest BCUT2D eigenvalue weighted by molar-refractivity contribution is 6.30. The minimum absolute atomic E-state index is 0.0445. The highest BCUT2D eigenvalue weighted by Crippen LogP contribution is 2.34. The molecule has 182 valence electrons. The molecule has 0 fully saturated rings. The van der Waals surface area contributed by atoms with Crippen LogP contribution in [0, 0.1) is 0 Å². The molecule has 4 rings (SSSR count). The summed E-state index contributed by atoms with van der Waals surface area (Å²) < 4.78 is 11.5. The van der Waals surface area contributed by atoms with E-state index in [1.807, 2.05) is 12.1 Å². The first-order valence-corrected chi connectivity index (χ1v) is 11.7. The average Bonchev–Trinajstić information content (AvgIpc) is 2.82. The van der Waals surface area contributed by atoms with Gasteiger partial charge in [0.25, 0.3) is 5.91 Å². The molecule has 0 aliphatic carbocycles. The van der Waals surface area contributed by atoms with Gasteiger partial charge in [0.1, 0.15) is 18.1 Å². The minimum Gasteiger partial charge on any atom is -0.492 e. The Hall–Kier alpha value is -3.71. The molecule has 0 radical (unpaired) electrons. The molecule has 2 N–H and O–H groups in total. The Bertz CT molecular complexity index is 1200. The van der Waals surface area contributed by atoms with Gasteiger partial charge in [-0.05, 0) is 65.6 Å². The molecule has 3 amide bonds. The van der Waals surface area contributed by atoms with Crippen molar-refractivity contribution >= 4 is 40.6 Å². The Kier molecular flexibility index (Phi) is 7.17. The van der Waals surface area contributed by atoms with Crippen molar-refractivity contribution in [3.8, 4) is 11.5 Å². The fraction of sp³-hybridized carbons (Fsp3) is 0.259. The molecule has 0 spiro atoms. The topological polar surface area (TPSA) is 79.9 Å². The highest BCUT2D eigenvalue weighted by Gasteiger charge is 2.26. The van der Waals surface area contributed by atoms with Crippen molar-refractivity contribution in [2.75, 3.05) is 35.3 Å². The number of amides is 3. The van der Waals surface area contributed by atoms with Crippen LogP contribution >= 0.6 is 11.6 Å². The quantitative estimate of drug-likeness (QED) is 0.435. The van der Waals surface area contributed by atoms with E-state index in [2.05, 4.69) is 43.5 Å². The van der Waals surface area contributed by atoms with E-state index in [9.17, 15) is 9.59 Å². The number of urea groups is 1. The third-order valence-electron chi connectivity index (χ3n) is 5.57. The van der Waals surface area contributed by atoms with Crippen LogP contribution in [0.5, 0.6) is 11.5 Å². The molecule has 1 heterocycles. The number of nitrogens with one attached hydrogen (secondary N) is 2. The van der Waals surface area contributed by atoms with Crippen molar-refractivity contribution in [3.05, 3.63) is 77.3 Å². The predicted molar refractivity (Wildman–Crippen MR) is 139 cm³/mol. The van der Waals surface area contributed by atoms with E-state index in [0.717, 1.165) is 5.75 Å². The maximum absolute atomic E-state index is 12.6. The fourth-order valence-electron chi connectivity index (χ4n) is 3.66. The van der Waals surface area contributed by atoms with Crippen molar-refractivity contribution in [2.24, 2.45) is 0 Å². The van der Waals surface area contributed by atoms with Gasteiger partial charge in [0.05, 0.1) is 12.2 Å². The van der Waals surface area contributed by atoms with Gasteiger partial charge in [0.15, 0.2) is 6.61 Å². The van der Waals surface area contributed by atoms with Gasteiger partial charge in [-0.15, -0.1) is 0 Å². The predicted octanol–water partition coefficient (Wildman–Crippen LogP) is 6.09. The number of hydrogen-bond donors (Lipinski definition) is 2. The normalized spacial score (nSPS) is 13.0. The van der Waals surface area contributed by atoms with Crippen LogP contribution in [0.15, 0.2) is 66.7 Å². The number of nitrogens with zero attached hydrogens (tertiary/aromatic N) is 1. The summed E-state index contributed by atoms with van der Waals surface area (Å²) in [6, 6.07) is 19.5. The Labute approximate surface area is 210 Å². The van der Waals surface area contributed by atoms with Gasteiger partial charge in [-0.2, -0.15) is 0 Å². The van der Waals surface area contributed by atoms with E-state index >= 15 is 0 Å². The summed E-state index contributed by atoms with van der Waals surface area (Å²) in [5.74, 6) is 1.14. The van der Waals surface area contributed by atoms with Gasteiger partial charge >= 0.3 is 6.03 Å². The Morgan fingerprint density at radius 2 is 1.66 bits per heavy atom. The Morgan fingerprint density at radius 3 is 2.34 bits per heavy atom. The van der Waals surface area contributed by atoms with Gasteiger partial charge in [-0.3, -0.25) is 4.79 Å². The first kappa shape index (κ1) is 24.4. The molecule has 0 saturated carbocycles. The van der Waals surface area contributed by atoms with E-state index in [4.69, 9.17) is 21.1 Å². The van der Waals surface area contributed by atoms with Crippen molar-refractivity contribution in [2.45, 2.75) is 26.2 Å². The maximum Gasteiger partial charge on any atom is 0.323 e. The van der Waals surface area contributed by atoms with Crippen molar-refractivity contribution in [3.63, 3.8) is 0 Å². The fourth-order valence-corrected chi connectivity index (χ4v) is 3.78. The minimum atomic E-state index is -0.413. The molecule has 0 bridgehead atoms. The van der Waals surface area contributed by atoms with Crippen molar-refractivity contribution < 1.29 is 19.1 Å². The Morgan fingerprint density at radius 1 is 1.00 bits per heavy atom. The van der Waals surface area contributed by atoms with E-state index in [1.54, 1.807) is 47.4 Å².